The minimum atomic E-state index is -2.96. The quantitative estimate of drug-likeness (QED) is 0.750. The summed E-state index contributed by atoms with van der Waals surface area (Å²) in [6.45, 7) is 2.36. The average molecular weight is 268 g/mol. The molecule has 0 atom stereocenters. The first kappa shape index (κ1) is 12.9. The van der Waals surface area contributed by atoms with E-state index in [1.54, 1.807) is 23.1 Å². The number of benzene rings is 1. The van der Waals surface area contributed by atoms with Crippen LogP contribution in [0.25, 0.3) is 0 Å². The van der Waals surface area contributed by atoms with Crippen molar-refractivity contribution in [2.75, 3.05) is 30.3 Å². The van der Waals surface area contributed by atoms with Gasteiger partial charge in [-0.1, -0.05) is 0 Å². The lowest BCUT2D eigenvalue weighted by atomic mass is 10.1. The first-order valence-electron chi connectivity index (χ1n) is 5.75. The number of nitrogens with two attached hydrogens (primary N) is 1. The van der Waals surface area contributed by atoms with E-state index in [1.165, 1.54) is 0 Å². The van der Waals surface area contributed by atoms with Crippen molar-refractivity contribution < 1.29 is 13.2 Å². The Morgan fingerprint density at radius 1 is 1.28 bits per heavy atom. The lowest BCUT2D eigenvalue weighted by Crippen LogP contribution is -2.43. The maximum absolute atomic E-state index is 12.2. The minimum absolute atomic E-state index is 0.0484. The predicted molar refractivity (Wildman–Crippen MR) is 70.1 cm³/mol. The van der Waals surface area contributed by atoms with E-state index in [0.717, 1.165) is 5.56 Å². The van der Waals surface area contributed by atoms with E-state index >= 15 is 0 Å². The predicted octanol–water partition coefficient (Wildman–Crippen LogP) is 0.448. The number of amides is 1. The average Bonchev–Trinajstić information content (AvgIpc) is 2.28. The van der Waals surface area contributed by atoms with E-state index in [4.69, 9.17) is 5.73 Å². The summed E-state index contributed by atoms with van der Waals surface area (Å²) in [6.07, 6.45) is 0. The Labute approximate surface area is 107 Å². The Balaban J connectivity index is 2.17. The summed E-state index contributed by atoms with van der Waals surface area (Å²) in [5.41, 5.74) is 7.65. The van der Waals surface area contributed by atoms with Gasteiger partial charge in [-0.25, -0.2) is 8.42 Å². The number of anilines is 1. The van der Waals surface area contributed by atoms with Crippen molar-refractivity contribution in [2.45, 2.75) is 6.92 Å². The largest absolute Gasteiger partial charge is 0.399 e. The highest BCUT2D eigenvalue weighted by molar-refractivity contribution is 7.91. The maximum atomic E-state index is 12.2. The van der Waals surface area contributed by atoms with E-state index in [-0.39, 0.29) is 30.5 Å². The Hall–Kier alpha value is -1.56. The number of hydrogen-bond donors (Lipinski definition) is 1. The lowest BCUT2D eigenvalue weighted by molar-refractivity contribution is 0.0769. The van der Waals surface area contributed by atoms with Crippen molar-refractivity contribution >= 4 is 21.4 Å². The van der Waals surface area contributed by atoms with Crippen molar-refractivity contribution in [3.8, 4) is 0 Å². The number of nitrogens with zero attached hydrogens (tertiary/aromatic N) is 1. The SMILES string of the molecule is Cc1cc(N)ccc1C(=O)N1CCS(=O)(=O)CC1. The van der Waals surface area contributed by atoms with Crippen molar-refractivity contribution in [1.29, 1.82) is 0 Å². The first-order valence-corrected chi connectivity index (χ1v) is 7.57. The van der Waals surface area contributed by atoms with Gasteiger partial charge in [0.2, 0.25) is 0 Å². The molecule has 6 heteroatoms. The van der Waals surface area contributed by atoms with Gasteiger partial charge in [-0.15, -0.1) is 0 Å². The van der Waals surface area contributed by atoms with Gasteiger partial charge in [-0.2, -0.15) is 0 Å². The lowest BCUT2D eigenvalue weighted by Gasteiger charge is -2.27. The molecule has 1 aliphatic heterocycles. The molecule has 1 aromatic rings. The van der Waals surface area contributed by atoms with Crippen LogP contribution in [0.4, 0.5) is 5.69 Å². The molecule has 0 aromatic heterocycles. The zero-order valence-corrected chi connectivity index (χ0v) is 11.0. The van der Waals surface area contributed by atoms with Crippen LogP contribution in [-0.4, -0.2) is 43.8 Å². The van der Waals surface area contributed by atoms with E-state index in [1.807, 2.05) is 6.92 Å². The fourth-order valence-electron chi connectivity index (χ4n) is 2.01. The van der Waals surface area contributed by atoms with Gasteiger partial charge in [0.25, 0.3) is 5.91 Å². The molecule has 2 N–H and O–H groups in total. The van der Waals surface area contributed by atoms with Crippen molar-refractivity contribution in [2.24, 2.45) is 0 Å². The molecule has 0 saturated carbocycles. The zero-order valence-electron chi connectivity index (χ0n) is 10.2. The molecule has 98 valence electrons. The minimum Gasteiger partial charge on any atom is -0.399 e. The number of sulfone groups is 1. The summed E-state index contributed by atoms with van der Waals surface area (Å²) in [7, 11) is -2.96. The van der Waals surface area contributed by atoms with Crippen molar-refractivity contribution in [3.63, 3.8) is 0 Å². The van der Waals surface area contributed by atoms with Gasteiger partial charge in [-0.05, 0) is 30.7 Å². The second-order valence-electron chi connectivity index (χ2n) is 4.52. The number of carbonyl (C=O) groups is 1. The van der Waals surface area contributed by atoms with Crippen molar-refractivity contribution in [1.82, 2.24) is 4.90 Å². The summed E-state index contributed by atoms with van der Waals surface area (Å²) in [5, 5.41) is 0. The number of rotatable bonds is 1. The number of nitrogen functional groups attached to an aromatic ring is 1. The van der Waals surface area contributed by atoms with Crippen LogP contribution in [-0.2, 0) is 9.84 Å². The Morgan fingerprint density at radius 3 is 2.44 bits per heavy atom. The molecule has 2 rings (SSSR count). The number of aryl methyl sites for hydroxylation is 1. The highest BCUT2D eigenvalue weighted by Crippen LogP contribution is 2.16. The normalized spacial score (nSPS) is 18.6. The molecule has 18 heavy (non-hydrogen) atoms. The fourth-order valence-corrected chi connectivity index (χ4v) is 3.21. The monoisotopic (exact) mass is 268 g/mol. The molecule has 1 aromatic carbocycles. The first-order chi connectivity index (χ1) is 8.39. The number of hydrogen-bond acceptors (Lipinski definition) is 4. The smallest absolute Gasteiger partial charge is 0.254 e. The van der Waals surface area contributed by atoms with Gasteiger partial charge in [0.15, 0.2) is 9.84 Å². The molecule has 0 bridgehead atoms. The van der Waals surface area contributed by atoms with Crippen LogP contribution in [0.15, 0.2) is 18.2 Å². The number of carbonyl (C=O) groups excluding carboxylic acids is 1. The summed E-state index contributed by atoms with van der Waals surface area (Å²) >= 11 is 0. The highest BCUT2D eigenvalue weighted by atomic mass is 32.2. The molecule has 1 fully saturated rings. The molecule has 0 radical (unpaired) electrons. The second-order valence-corrected chi connectivity index (χ2v) is 6.82. The van der Waals surface area contributed by atoms with Crippen LogP contribution in [0.3, 0.4) is 0 Å². The van der Waals surface area contributed by atoms with Crippen LogP contribution in [0.1, 0.15) is 15.9 Å². The summed E-state index contributed by atoms with van der Waals surface area (Å²) < 4.78 is 22.6. The van der Waals surface area contributed by atoms with Gasteiger partial charge in [0.05, 0.1) is 11.5 Å². The molecular formula is C12H16N2O3S. The van der Waals surface area contributed by atoms with E-state index < -0.39 is 9.84 Å². The molecular weight excluding hydrogens is 252 g/mol. The van der Waals surface area contributed by atoms with Crippen LogP contribution in [0.5, 0.6) is 0 Å². The van der Waals surface area contributed by atoms with Gasteiger partial charge < -0.3 is 10.6 Å². The van der Waals surface area contributed by atoms with Crippen LogP contribution >= 0.6 is 0 Å². The van der Waals surface area contributed by atoms with E-state index in [0.29, 0.717) is 11.3 Å². The molecule has 5 nitrogen and oxygen atoms in total. The molecule has 1 amide bonds. The van der Waals surface area contributed by atoms with Gasteiger partial charge in [-0.3, -0.25) is 4.79 Å². The maximum Gasteiger partial charge on any atom is 0.254 e. The van der Waals surface area contributed by atoms with Gasteiger partial charge in [0.1, 0.15) is 0 Å². The third-order valence-corrected chi connectivity index (χ3v) is 4.72. The third-order valence-electron chi connectivity index (χ3n) is 3.11. The van der Waals surface area contributed by atoms with Gasteiger partial charge in [0, 0.05) is 24.3 Å². The third kappa shape index (κ3) is 2.64. The Bertz CT molecular complexity index is 567. The van der Waals surface area contributed by atoms with Gasteiger partial charge >= 0.3 is 0 Å². The highest BCUT2D eigenvalue weighted by Gasteiger charge is 2.26. The summed E-state index contributed by atoms with van der Waals surface area (Å²) in [4.78, 5) is 13.8. The zero-order chi connectivity index (χ0) is 13.3. The Kier molecular flexibility index (Phi) is 3.30. The van der Waals surface area contributed by atoms with Crippen LogP contribution < -0.4 is 5.73 Å². The van der Waals surface area contributed by atoms with Crippen LogP contribution in [0, 0.1) is 6.92 Å². The molecule has 0 spiro atoms. The Morgan fingerprint density at radius 2 is 1.89 bits per heavy atom. The summed E-state index contributed by atoms with van der Waals surface area (Å²) in [6, 6.07) is 5.12. The topological polar surface area (TPSA) is 80.5 Å². The standard InChI is InChI=1S/C12H16N2O3S/c1-9-8-10(13)2-3-11(9)12(15)14-4-6-18(16,17)7-5-14/h2-3,8H,4-7,13H2,1H3. The van der Waals surface area contributed by atoms with Crippen molar-refractivity contribution in [3.05, 3.63) is 29.3 Å². The van der Waals surface area contributed by atoms with E-state index in [2.05, 4.69) is 0 Å². The molecule has 1 heterocycles. The van der Waals surface area contributed by atoms with Crippen LogP contribution in [0.2, 0.25) is 0 Å². The summed E-state index contributed by atoms with van der Waals surface area (Å²) in [5.74, 6) is -0.0260. The van der Waals surface area contributed by atoms with E-state index in [9.17, 15) is 13.2 Å². The fraction of sp³-hybridized carbons (Fsp3) is 0.417. The molecule has 0 unspecified atom stereocenters. The molecule has 0 aliphatic carbocycles. The molecule has 1 saturated heterocycles. The second kappa shape index (κ2) is 4.61. The molecule has 1 aliphatic rings.